The summed E-state index contributed by atoms with van der Waals surface area (Å²) < 4.78 is 29.6. The lowest BCUT2D eigenvalue weighted by atomic mass is 10.3. The van der Waals surface area contributed by atoms with Crippen LogP contribution in [0.2, 0.25) is 0 Å². The third-order valence-corrected chi connectivity index (χ3v) is 4.72. The molecule has 1 fully saturated rings. The summed E-state index contributed by atoms with van der Waals surface area (Å²) in [4.78, 5) is 21.8. The van der Waals surface area contributed by atoms with E-state index >= 15 is 0 Å². The number of carbonyl (C=O) groups is 2. The van der Waals surface area contributed by atoms with Crippen molar-refractivity contribution in [1.82, 2.24) is 4.31 Å². The van der Waals surface area contributed by atoms with Crippen molar-refractivity contribution in [1.29, 1.82) is 0 Å². The van der Waals surface area contributed by atoms with Crippen molar-refractivity contribution in [3.05, 3.63) is 0 Å². The molecule has 1 heterocycles. The number of nitrogens with two attached hydrogens (primary N) is 1. The van der Waals surface area contributed by atoms with Crippen LogP contribution in [0.25, 0.3) is 0 Å². The number of primary amides is 1. The van der Waals surface area contributed by atoms with Gasteiger partial charge in [-0.05, 0) is 6.92 Å². The molecule has 9 heteroatoms. The monoisotopic (exact) mass is 266 g/mol. The first kappa shape index (κ1) is 13.9. The Morgan fingerprint density at radius 1 is 1.53 bits per heavy atom. The smallest absolute Gasteiger partial charge is 0.323 e. The molecule has 0 aromatic heterocycles. The molecular formula is C8H14N2O6S. The summed E-state index contributed by atoms with van der Waals surface area (Å²) >= 11 is 0. The van der Waals surface area contributed by atoms with E-state index in [9.17, 15) is 18.0 Å². The van der Waals surface area contributed by atoms with Gasteiger partial charge in [0.15, 0.2) is 5.25 Å². The second-order valence-electron chi connectivity index (χ2n) is 3.63. The second kappa shape index (κ2) is 4.98. The molecule has 0 saturated carbocycles. The van der Waals surface area contributed by atoms with Gasteiger partial charge in [0.2, 0.25) is 15.9 Å². The highest BCUT2D eigenvalue weighted by Gasteiger charge is 2.41. The van der Waals surface area contributed by atoms with Crippen molar-refractivity contribution < 1.29 is 27.9 Å². The molecule has 0 aromatic rings. The van der Waals surface area contributed by atoms with Crippen molar-refractivity contribution >= 4 is 21.9 Å². The summed E-state index contributed by atoms with van der Waals surface area (Å²) in [5.74, 6) is -2.33. The molecule has 1 aliphatic rings. The van der Waals surface area contributed by atoms with Crippen LogP contribution in [0.5, 0.6) is 0 Å². The van der Waals surface area contributed by atoms with Gasteiger partial charge < -0.3 is 15.6 Å². The van der Waals surface area contributed by atoms with E-state index in [1.54, 1.807) is 0 Å². The Balaban J connectivity index is 3.03. The van der Waals surface area contributed by atoms with E-state index in [0.717, 1.165) is 11.2 Å². The van der Waals surface area contributed by atoms with E-state index in [2.05, 4.69) is 0 Å². The number of hydrogen-bond donors (Lipinski definition) is 2. The zero-order valence-corrected chi connectivity index (χ0v) is 10.0. The third kappa shape index (κ3) is 2.73. The number of rotatable bonds is 4. The standard InChI is InChI=1S/C8H14N2O6S/c1-5(8(12)13)17(14,15)10-2-3-16-4-6(10)7(9)11/h5-6H,2-4H2,1H3,(H2,9,11)(H,12,13). The van der Waals surface area contributed by atoms with Gasteiger partial charge >= 0.3 is 5.97 Å². The maximum absolute atomic E-state index is 11.9. The third-order valence-electron chi connectivity index (χ3n) is 2.53. The van der Waals surface area contributed by atoms with E-state index in [0.29, 0.717) is 0 Å². The van der Waals surface area contributed by atoms with E-state index in [-0.39, 0.29) is 19.8 Å². The average Bonchev–Trinajstić information content (AvgIpc) is 2.27. The van der Waals surface area contributed by atoms with E-state index in [1.807, 2.05) is 0 Å². The number of sulfonamides is 1. The highest BCUT2D eigenvalue weighted by atomic mass is 32.2. The van der Waals surface area contributed by atoms with Gasteiger partial charge in [-0.2, -0.15) is 4.31 Å². The minimum Gasteiger partial charge on any atom is -0.480 e. The Kier molecular flexibility index (Phi) is 4.07. The lowest BCUT2D eigenvalue weighted by molar-refractivity contribution is -0.136. The molecule has 0 aromatic carbocycles. The van der Waals surface area contributed by atoms with Crippen LogP contribution in [0.4, 0.5) is 0 Å². The fraction of sp³-hybridized carbons (Fsp3) is 0.750. The predicted molar refractivity (Wildman–Crippen MR) is 56.5 cm³/mol. The quantitative estimate of drug-likeness (QED) is 0.604. The Bertz CT molecular complexity index is 420. The fourth-order valence-corrected chi connectivity index (χ4v) is 2.96. The van der Waals surface area contributed by atoms with Gasteiger partial charge in [0.05, 0.1) is 13.2 Å². The molecule has 3 N–H and O–H groups in total. The topological polar surface area (TPSA) is 127 Å². The number of amides is 1. The van der Waals surface area contributed by atoms with E-state index in [1.165, 1.54) is 0 Å². The van der Waals surface area contributed by atoms with Crippen LogP contribution in [-0.2, 0) is 24.3 Å². The first-order chi connectivity index (χ1) is 7.78. The number of carboxylic acids is 1. The van der Waals surface area contributed by atoms with Crippen LogP contribution in [0.1, 0.15) is 6.92 Å². The molecule has 0 bridgehead atoms. The molecule has 17 heavy (non-hydrogen) atoms. The average molecular weight is 266 g/mol. The van der Waals surface area contributed by atoms with Crippen molar-refractivity contribution in [3.8, 4) is 0 Å². The maximum atomic E-state index is 11.9. The van der Waals surface area contributed by atoms with Crippen molar-refractivity contribution in [2.24, 2.45) is 5.73 Å². The van der Waals surface area contributed by atoms with Gasteiger partial charge in [-0.15, -0.1) is 0 Å². The van der Waals surface area contributed by atoms with Crippen LogP contribution in [0.15, 0.2) is 0 Å². The molecular weight excluding hydrogens is 252 g/mol. The molecule has 0 aliphatic carbocycles. The zero-order valence-electron chi connectivity index (χ0n) is 9.20. The number of ether oxygens (including phenoxy) is 1. The van der Waals surface area contributed by atoms with E-state index in [4.69, 9.17) is 15.6 Å². The van der Waals surface area contributed by atoms with Gasteiger partial charge in [0.1, 0.15) is 6.04 Å². The Morgan fingerprint density at radius 2 is 2.12 bits per heavy atom. The highest BCUT2D eigenvalue weighted by molar-refractivity contribution is 7.90. The molecule has 0 spiro atoms. The van der Waals surface area contributed by atoms with Gasteiger partial charge in [0, 0.05) is 6.54 Å². The van der Waals surface area contributed by atoms with Gasteiger partial charge in [0.25, 0.3) is 0 Å². The lowest BCUT2D eigenvalue weighted by Gasteiger charge is -2.33. The van der Waals surface area contributed by atoms with Crippen LogP contribution in [-0.4, -0.2) is 60.8 Å². The molecule has 1 rings (SSSR count). The number of aliphatic carboxylic acids is 1. The van der Waals surface area contributed by atoms with Crippen LogP contribution >= 0.6 is 0 Å². The van der Waals surface area contributed by atoms with Crippen LogP contribution < -0.4 is 5.73 Å². The van der Waals surface area contributed by atoms with E-state index < -0.39 is 33.2 Å². The lowest BCUT2D eigenvalue weighted by Crippen LogP contribution is -2.57. The zero-order chi connectivity index (χ0) is 13.2. The first-order valence-corrected chi connectivity index (χ1v) is 6.39. The molecule has 1 saturated heterocycles. The van der Waals surface area contributed by atoms with Crippen molar-refractivity contribution in [2.75, 3.05) is 19.8 Å². The summed E-state index contributed by atoms with van der Waals surface area (Å²) in [5.41, 5.74) is 5.06. The minimum atomic E-state index is -4.10. The number of nitrogens with zero attached hydrogens (tertiary/aromatic N) is 1. The van der Waals surface area contributed by atoms with Gasteiger partial charge in [-0.1, -0.05) is 0 Å². The first-order valence-electron chi connectivity index (χ1n) is 4.89. The van der Waals surface area contributed by atoms with Gasteiger partial charge in [-0.25, -0.2) is 8.42 Å². The molecule has 1 amide bonds. The Hall–Kier alpha value is -1.19. The largest absolute Gasteiger partial charge is 0.480 e. The normalized spacial score (nSPS) is 24.2. The summed E-state index contributed by atoms with van der Waals surface area (Å²) in [7, 11) is -4.10. The Labute approximate surface area is 98.4 Å². The second-order valence-corrected chi connectivity index (χ2v) is 5.84. The molecule has 8 nitrogen and oxygen atoms in total. The molecule has 98 valence electrons. The van der Waals surface area contributed by atoms with Crippen LogP contribution in [0, 0.1) is 0 Å². The minimum absolute atomic E-state index is 0.0758. The number of carboxylic acid groups (broad SMARTS) is 1. The van der Waals surface area contributed by atoms with Crippen molar-refractivity contribution in [3.63, 3.8) is 0 Å². The molecule has 2 atom stereocenters. The number of hydrogen-bond acceptors (Lipinski definition) is 5. The highest BCUT2D eigenvalue weighted by Crippen LogP contribution is 2.16. The summed E-state index contributed by atoms with van der Waals surface area (Å²) in [5, 5.41) is 7.10. The number of morpholine rings is 1. The fourth-order valence-electron chi connectivity index (χ4n) is 1.45. The summed E-state index contributed by atoms with van der Waals surface area (Å²) in [6.45, 7) is 0.926. The maximum Gasteiger partial charge on any atom is 0.323 e. The predicted octanol–water partition coefficient (Wildman–Crippen LogP) is -2.02. The van der Waals surface area contributed by atoms with Crippen molar-refractivity contribution in [2.45, 2.75) is 18.2 Å². The molecule has 0 radical (unpaired) electrons. The SMILES string of the molecule is CC(C(=O)O)S(=O)(=O)N1CCOCC1C(N)=O. The summed E-state index contributed by atoms with van der Waals surface area (Å²) in [6, 6.07) is -1.14. The Morgan fingerprint density at radius 3 is 2.59 bits per heavy atom. The molecule has 1 aliphatic heterocycles. The van der Waals surface area contributed by atoms with Crippen LogP contribution in [0.3, 0.4) is 0 Å². The molecule has 2 unspecified atom stereocenters. The summed E-state index contributed by atoms with van der Waals surface area (Å²) in [6.07, 6.45) is 0. The number of carbonyl (C=O) groups excluding carboxylic acids is 1. The van der Waals surface area contributed by atoms with Gasteiger partial charge in [-0.3, -0.25) is 9.59 Å².